The first-order chi connectivity index (χ1) is 14.4. The monoisotopic (exact) mass is 466 g/mol. The first kappa shape index (κ1) is 22.3. The lowest BCUT2D eigenvalue weighted by molar-refractivity contribution is -0.113. The van der Waals surface area contributed by atoms with E-state index in [1.807, 2.05) is 32.2 Å². The van der Waals surface area contributed by atoms with Crippen molar-refractivity contribution in [2.24, 2.45) is 7.05 Å². The molecule has 7 nitrogen and oxygen atoms in total. The third-order valence-electron chi connectivity index (χ3n) is 4.14. The number of aryl methyl sites for hydroxylation is 1. The number of halogens is 2. The van der Waals surface area contributed by atoms with Gasteiger partial charge in [-0.3, -0.25) is 4.79 Å². The number of anilines is 1. The minimum Gasteiger partial charge on any atom is -0.493 e. The Labute approximate surface area is 188 Å². The Balaban J connectivity index is 1.57. The number of hydrogen-bond donors (Lipinski definition) is 1. The fraction of sp³-hybridized carbons (Fsp3) is 0.250. The summed E-state index contributed by atoms with van der Waals surface area (Å²) >= 11 is 13.3. The highest BCUT2D eigenvalue weighted by molar-refractivity contribution is 7.99. The van der Waals surface area contributed by atoms with Crippen molar-refractivity contribution in [1.82, 2.24) is 14.8 Å². The van der Waals surface area contributed by atoms with Crippen LogP contribution in [-0.4, -0.2) is 33.5 Å². The number of thioether (sulfide) groups is 1. The summed E-state index contributed by atoms with van der Waals surface area (Å²) in [4.78, 5) is 12.2. The molecule has 30 heavy (non-hydrogen) atoms. The average molecular weight is 467 g/mol. The van der Waals surface area contributed by atoms with Crippen LogP contribution >= 0.6 is 35.0 Å². The maximum Gasteiger partial charge on any atom is 0.234 e. The van der Waals surface area contributed by atoms with Gasteiger partial charge < -0.3 is 19.4 Å². The molecule has 0 aliphatic rings. The smallest absolute Gasteiger partial charge is 0.234 e. The molecule has 3 rings (SSSR count). The number of rotatable bonds is 8. The van der Waals surface area contributed by atoms with E-state index >= 15 is 0 Å². The molecule has 0 spiro atoms. The van der Waals surface area contributed by atoms with Crippen LogP contribution in [0.5, 0.6) is 11.5 Å². The zero-order valence-corrected chi connectivity index (χ0v) is 18.9. The van der Waals surface area contributed by atoms with Crippen molar-refractivity contribution in [3.63, 3.8) is 0 Å². The van der Waals surface area contributed by atoms with Crippen LogP contribution in [0.2, 0.25) is 10.0 Å². The number of ether oxygens (including phenoxy) is 2. The molecule has 1 aromatic heterocycles. The van der Waals surface area contributed by atoms with E-state index < -0.39 is 0 Å². The number of hydrogen-bond acceptors (Lipinski definition) is 6. The van der Waals surface area contributed by atoms with Gasteiger partial charge in [-0.1, -0.05) is 41.0 Å². The predicted molar refractivity (Wildman–Crippen MR) is 119 cm³/mol. The molecule has 0 radical (unpaired) electrons. The molecule has 3 aromatic rings. The molecule has 0 saturated carbocycles. The van der Waals surface area contributed by atoms with E-state index in [1.165, 1.54) is 11.8 Å². The summed E-state index contributed by atoms with van der Waals surface area (Å²) in [6, 6.07) is 10.6. The molecular formula is C20H20Cl2N4O3S. The number of amides is 1. The topological polar surface area (TPSA) is 78.3 Å². The van der Waals surface area contributed by atoms with Gasteiger partial charge in [-0.05, 0) is 42.8 Å². The van der Waals surface area contributed by atoms with Crippen LogP contribution in [-0.2, 0) is 18.4 Å². The fourth-order valence-electron chi connectivity index (χ4n) is 2.54. The fourth-order valence-corrected chi connectivity index (χ4v) is 3.61. The van der Waals surface area contributed by atoms with Gasteiger partial charge in [0.25, 0.3) is 0 Å². The number of carbonyl (C=O) groups is 1. The quantitative estimate of drug-likeness (QED) is 0.482. The first-order valence-electron chi connectivity index (χ1n) is 8.90. The van der Waals surface area contributed by atoms with Crippen LogP contribution in [0.25, 0.3) is 0 Å². The van der Waals surface area contributed by atoms with E-state index in [0.29, 0.717) is 38.2 Å². The minimum absolute atomic E-state index is 0.140. The van der Waals surface area contributed by atoms with E-state index in [2.05, 4.69) is 15.5 Å². The summed E-state index contributed by atoms with van der Waals surface area (Å²) < 4.78 is 13.0. The molecule has 0 aliphatic heterocycles. The van der Waals surface area contributed by atoms with Crippen molar-refractivity contribution in [2.75, 3.05) is 18.2 Å². The molecule has 0 saturated heterocycles. The van der Waals surface area contributed by atoms with Gasteiger partial charge in [-0.25, -0.2) is 0 Å². The molecule has 0 unspecified atom stereocenters. The van der Waals surface area contributed by atoms with Gasteiger partial charge in [-0.15, -0.1) is 10.2 Å². The van der Waals surface area contributed by atoms with Crippen molar-refractivity contribution in [3.05, 3.63) is 57.8 Å². The van der Waals surface area contributed by atoms with Gasteiger partial charge in [0.05, 0.1) is 23.6 Å². The van der Waals surface area contributed by atoms with E-state index in [-0.39, 0.29) is 18.3 Å². The third kappa shape index (κ3) is 5.59. The Morgan fingerprint density at radius 2 is 1.97 bits per heavy atom. The van der Waals surface area contributed by atoms with Gasteiger partial charge in [-0.2, -0.15) is 0 Å². The lowest BCUT2D eigenvalue weighted by Gasteiger charge is -2.11. The average Bonchev–Trinajstić information content (AvgIpc) is 3.07. The van der Waals surface area contributed by atoms with Crippen molar-refractivity contribution in [3.8, 4) is 11.5 Å². The molecule has 0 fully saturated rings. The number of nitrogens with zero attached hydrogens (tertiary/aromatic N) is 3. The largest absolute Gasteiger partial charge is 0.493 e. The highest BCUT2D eigenvalue weighted by atomic mass is 35.5. The molecule has 0 aliphatic carbocycles. The second-order valence-corrected chi connectivity index (χ2v) is 8.15. The van der Waals surface area contributed by atoms with Crippen molar-refractivity contribution in [2.45, 2.75) is 18.7 Å². The Morgan fingerprint density at radius 1 is 1.17 bits per heavy atom. The van der Waals surface area contributed by atoms with Crippen LogP contribution in [0.15, 0.2) is 41.6 Å². The van der Waals surface area contributed by atoms with Crippen LogP contribution in [0.4, 0.5) is 5.69 Å². The lowest BCUT2D eigenvalue weighted by Crippen LogP contribution is -2.15. The maximum absolute atomic E-state index is 12.2. The molecular weight excluding hydrogens is 447 g/mol. The molecule has 1 N–H and O–H groups in total. The van der Waals surface area contributed by atoms with E-state index in [0.717, 1.165) is 5.56 Å². The SMILES string of the molecule is COc1cc(C)ccc1OCc1nnc(SCC(=O)Nc2cc(Cl)ccc2Cl)n1C. The third-order valence-corrected chi connectivity index (χ3v) is 5.72. The number of methoxy groups -OCH3 is 1. The highest BCUT2D eigenvalue weighted by Gasteiger charge is 2.14. The molecule has 1 heterocycles. The second kappa shape index (κ2) is 10.1. The molecule has 158 valence electrons. The lowest BCUT2D eigenvalue weighted by atomic mass is 10.2. The van der Waals surface area contributed by atoms with E-state index in [4.69, 9.17) is 32.7 Å². The molecule has 1 amide bonds. The Bertz CT molecular complexity index is 1060. The van der Waals surface area contributed by atoms with Crippen LogP contribution in [0.1, 0.15) is 11.4 Å². The molecule has 2 aromatic carbocycles. The van der Waals surface area contributed by atoms with E-state index in [9.17, 15) is 4.79 Å². The summed E-state index contributed by atoms with van der Waals surface area (Å²) in [6.07, 6.45) is 0. The Morgan fingerprint density at radius 3 is 2.73 bits per heavy atom. The van der Waals surface area contributed by atoms with Gasteiger partial charge in [0.2, 0.25) is 5.91 Å². The summed E-state index contributed by atoms with van der Waals surface area (Å²) in [5, 5.41) is 12.5. The van der Waals surface area contributed by atoms with Crippen LogP contribution < -0.4 is 14.8 Å². The summed E-state index contributed by atoms with van der Waals surface area (Å²) in [6.45, 7) is 2.20. The normalized spacial score (nSPS) is 10.7. The zero-order valence-electron chi connectivity index (χ0n) is 16.6. The maximum atomic E-state index is 12.2. The minimum atomic E-state index is -0.227. The highest BCUT2D eigenvalue weighted by Crippen LogP contribution is 2.29. The standard InChI is InChI=1S/C20H20Cl2N4O3S/c1-12-4-7-16(17(8-12)28-3)29-10-18-24-25-20(26(18)2)30-11-19(27)23-15-9-13(21)5-6-14(15)22/h4-9H,10-11H2,1-3H3,(H,23,27). The van der Waals surface area contributed by atoms with Gasteiger partial charge in [0.1, 0.15) is 6.61 Å². The van der Waals surface area contributed by atoms with Gasteiger partial charge in [0.15, 0.2) is 22.5 Å². The van der Waals surface area contributed by atoms with Gasteiger partial charge >= 0.3 is 0 Å². The number of carbonyl (C=O) groups excluding carboxylic acids is 1. The number of benzene rings is 2. The summed E-state index contributed by atoms with van der Waals surface area (Å²) in [7, 11) is 3.42. The van der Waals surface area contributed by atoms with Gasteiger partial charge in [0, 0.05) is 12.1 Å². The van der Waals surface area contributed by atoms with Crippen molar-refractivity contribution in [1.29, 1.82) is 0 Å². The second-order valence-electron chi connectivity index (χ2n) is 6.36. The first-order valence-corrected chi connectivity index (χ1v) is 10.6. The van der Waals surface area contributed by atoms with Crippen molar-refractivity contribution >= 4 is 46.6 Å². The van der Waals surface area contributed by atoms with Crippen LogP contribution in [0, 0.1) is 6.92 Å². The van der Waals surface area contributed by atoms with Crippen molar-refractivity contribution < 1.29 is 14.3 Å². The number of aromatic nitrogens is 3. The number of nitrogens with one attached hydrogen (secondary N) is 1. The molecule has 10 heteroatoms. The molecule has 0 atom stereocenters. The van der Waals surface area contributed by atoms with E-state index in [1.54, 1.807) is 29.9 Å². The van der Waals surface area contributed by atoms with Crippen LogP contribution in [0.3, 0.4) is 0 Å². The summed E-state index contributed by atoms with van der Waals surface area (Å²) in [5.41, 5.74) is 1.54. The zero-order chi connectivity index (χ0) is 21.7. The predicted octanol–water partition coefficient (Wildman–Crippen LogP) is 4.75. The Kier molecular flexibility index (Phi) is 7.47. The Hall–Kier alpha value is -2.42. The molecule has 0 bridgehead atoms. The summed E-state index contributed by atoms with van der Waals surface area (Å²) in [5.74, 6) is 1.82.